The minimum absolute atomic E-state index is 0.00766. The molecule has 4 unspecified atom stereocenters. The third-order valence-corrected chi connectivity index (χ3v) is 5.69. The second-order valence-corrected chi connectivity index (χ2v) is 7.25. The Morgan fingerprint density at radius 2 is 2.09 bits per heavy atom. The van der Waals surface area contributed by atoms with Crippen molar-refractivity contribution in [2.24, 2.45) is 5.41 Å². The van der Waals surface area contributed by atoms with Gasteiger partial charge in [-0.05, 0) is 36.8 Å². The Hall–Kier alpha value is -1.42. The lowest BCUT2D eigenvalue weighted by atomic mass is 9.63. The predicted octanol–water partition coefficient (Wildman–Crippen LogP) is 3.70. The Morgan fingerprint density at radius 1 is 1.36 bits per heavy atom. The lowest BCUT2D eigenvalue weighted by molar-refractivity contribution is -0.542. The zero-order valence-electron chi connectivity index (χ0n) is 13.6. The SMILES string of the molecule is CCCC1(C)CN2CCCC2C([N+](=O)[O-])C1c1ccccc1. The normalized spacial score (nSPS) is 35.3. The topological polar surface area (TPSA) is 46.4 Å². The van der Waals surface area contributed by atoms with Gasteiger partial charge in [-0.2, -0.15) is 0 Å². The van der Waals surface area contributed by atoms with Gasteiger partial charge in [-0.15, -0.1) is 0 Å². The van der Waals surface area contributed by atoms with E-state index >= 15 is 0 Å². The number of rotatable bonds is 4. The molecule has 2 aliphatic rings. The molecule has 0 spiro atoms. The number of nitrogens with zero attached hydrogens (tertiary/aromatic N) is 2. The van der Waals surface area contributed by atoms with Crippen molar-refractivity contribution in [3.05, 3.63) is 46.0 Å². The molecule has 0 saturated carbocycles. The van der Waals surface area contributed by atoms with Gasteiger partial charge in [-0.3, -0.25) is 15.0 Å². The molecule has 3 rings (SSSR count). The molecule has 0 aromatic heterocycles. The van der Waals surface area contributed by atoms with Crippen LogP contribution in [-0.4, -0.2) is 35.0 Å². The summed E-state index contributed by atoms with van der Waals surface area (Å²) < 4.78 is 0. The molecule has 2 saturated heterocycles. The summed E-state index contributed by atoms with van der Waals surface area (Å²) in [6, 6.07) is 9.83. The Bertz CT molecular complexity index is 533. The summed E-state index contributed by atoms with van der Waals surface area (Å²) in [7, 11) is 0. The molecule has 1 aromatic carbocycles. The summed E-state index contributed by atoms with van der Waals surface area (Å²) in [6.45, 7) is 6.47. The predicted molar refractivity (Wildman–Crippen MR) is 87.6 cm³/mol. The highest BCUT2D eigenvalue weighted by Crippen LogP contribution is 2.50. The lowest BCUT2D eigenvalue weighted by Gasteiger charge is -2.49. The average molecular weight is 302 g/mol. The van der Waals surface area contributed by atoms with E-state index in [0.29, 0.717) is 0 Å². The second-order valence-electron chi connectivity index (χ2n) is 7.25. The number of fused-ring (bicyclic) bond motifs is 1. The maximum absolute atomic E-state index is 12.0. The molecule has 2 aliphatic heterocycles. The molecule has 0 bridgehead atoms. The number of hydrogen-bond acceptors (Lipinski definition) is 3. The van der Waals surface area contributed by atoms with Crippen molar-refractivity contribution in [1.29, 1.82) is 0 Å². The Labute approximate surface area is 132 Å². The summed E-state index contributed by atoms with van der Waals surface area (Å²) in [6.07, 6.45) is 4.18. The van der Waals surface area contributed by atoms with Crippen molar-refractivity contribution < 1.29 is 4.92 Å². The summed E-state index contributed by atoms with van der Waals surface area (Å²) >= 11 is 0. The molecular weight excluding hydrogens is 276 g/mol. The van der Waals surface area contributed by atoms with Crippen LogP contribution in [-0.2, 0) is 0 Å². The van der Waals surface area contributed by atoms with Crippen LogP contribution in [0.4, 0.5) is 0 Å². The minimum Gasteiger partial charge on any atom is -0.293 e. The number of hydrogen-bond donors (Lipinski definition) is 0. The van der Waals surface area contributed by atoms with Gasteiger partial charge < -0.3 is 0 Å². The molecule has 0 amide bonds. The highest BCUT2D eigenvalue weighted by atomic mass is 16.6. The van der Waals surface area contributed by atoms with E-state index in [2.05, 4.69) is 30.9 Å². The van der Waals surface area contributed by atoms with Gasteiger partial charge in [0.15, 0.2) is 0 Å². The molecule has 22 heavy (non-hydrogen) atoms. The van der Waals surface area contributed by atoms with Gasteiger partial charge in [0.1, 0.15) is 0 Å². The molecular formula is C18H26N2O2. The molecule has 120 valence electrons. The molecule has 4 atom stereocenters. The molecule has 2 heterocycles. The highest BCUT2D eigenvalue weighted by Gasteiger charge is 2.56. The summed E-state index contributed by atoms with van der Waals surface area (Å²) in [4.78, 5) is 14.4. The quantitative estimate of drug-likeness (QED) is 0.629. The molecule has 4 nitrogen and oxygen atoms in total. The van der Waals surface area contributed by atoms with Crippen LogP contribution in [0, 0.1) is 15.5 Å². The molecule has 0 radical (unpaired) electrons. The summed E-state index contributed by atoms with van der Waals surface area (Å²) in [5, 5.41) is 12.0. The van der Waals surface area contributed by atoms with Crippen LogP contribution in [0.25, 0.3) is 0 Å². The van der Waals surface area contributed by atoms with Crippen LogP contribution >= 0.6 is 0 Å². The minimum atomic E-state index is -0.477. The van der Waals surface area contributed by atoms with E-state index in [1.807, 2.05) is 18.2 Å². The van der Waals surface area contributed by atoms with Gasteiger partial charge in [0, 0.05) is 11.5 Å². The molecule has 0 N–H and O–H groups in total. The summed E-state index contributed by atoms with van der Waals surface area (Å²) in [5.74, 6) is 0.0167. The highest BCUT2D eigenvalue weighted by molar-refractivity contribution is 5.26. The van der Waals surface area contributed by atoms with Gasteiger partial charge in [0.2, 0.25) is 6.04 Å². The van der Waals surface area contributed by atoms with Crippen LogP contribution in [0.5, 0.6) is 0 Å². The van der Waals surface area contributed by atoms with Crippen molar-refractivity contribution in [2.45, 2.75) is 57.5 Å². The fourth-order valence-electron chi connectivity index (χ4n) is 4.96. The molecule has 1 aromatic rings. The first kappa shape index (κ1) is 15.5. The maximum atomic E-state index is 12.0. The lowest BCUT2D eigenvalue weighted by Crippen LogP contribution is -2.59. The largest absolute Gasteiger partial charge is 0.293 e. The van der Waals surface area contributed by atoms with Gasteiger partial charge in [0.05, 0.1) is 12.0 Å². The first-order chi connectivity index (χ1) is 10.6. The van der Waals surface area contributed by atoms with E-state index in [-0.39, 0.29) is 22.3 Å². The van der Waals surface area contributed by atoms with E-state index in [0.717, 1.165) is 44.3 Å². The summed E-state index contributed by atoms with van der Waals surface area (Å²) in [5.41, 5.74) is 1.13. The first-order valence-electron chi connectivity index (χ1n) is 8.49. The molecule has 0 aliphatic carbocycles. The second kappa shape index (κ2) is 5.99. The monoisotopic (exact) mass is 302 g/mol. The van der Waals surface area contributed by atoms with E-state index in [1.54, 1.807) is 0 Å². The van der Waals surface area contributed by atoms with Crippen LogP contribution in [0.2, 0.25) is 0 Å². The number of piperidine rings is 1. The zero-order chi connectivity index (χ0) is 15.7. The fraction of sp³-hybridized carbons (Fsp3) is 0.667. The van der Waals surface area contributed by atoms with Crippen molar-refractivity contribution in [3.63, 3.8) is 0 Å². The standard InChI is InChI=1S/C18H26N2O2/c1-3-11-18(2)13-19-12-7-10-15(19)17(20(21)22)16(18)14-8-5-4-6-9-14/h4-6,8-9,15-17H,3,7,10-13H2,1-2H3. The van der Waals surface area contributed by atoms with Gasteiger partial charge in [0.25, 0.3) is 0 Å². The zero-order valence-corrected chi connectivity index (χ0v) is 13.6. The van der Waals surface area contributed by atoms with Crippen LogP contribution in [0.1, 0.15) is 51.0 Å². The Morgan fingerprint density at radius 3 is 2.73 bits per heavy atom. The van der Waals surface area contributed by atoms with E-state index in [1.165, 1.54) is 0 Å². The average Bonchev–Trinajstić information content (AvgIpc) is 2.93. The smallest absolute Gasteiger partial charge is 0.235 e. The van der Waals surface area contributed by atoms with Gasteiger partial charge >= 0.3 is 0 Å². The Balaban J connectivity index is 2.06. The third kappa shape index (κ3) is 2.54. The van der Waals surface area contributed by atoms with Crippen LogP contribution in [0.3, 0.4) is 0 Å². The first-order valence-corrected chi connectivity index (χ1v) is 8.49. The number of benzene rings is 1. The number of nitro groups is 1. The molecule has 4 heteroatoms. The Kier molecular flexibility index (Phi) is 4.22. The van der Waals surface area contributed by atoms with E-state index in [9.17, 15) is 10.1 Å². The van der Waals surface area contributed by atoms with E-state index in [4.69, 9.17) is 0 Å². The molecule has 2 fully saturated rings. The van der Waals surface area contributed by atoms with Crippen molar-refractivity contribution in [2.75, 3.05) is 13.1 Å². The van der Waals surface area contributed by atoms with Crippen molar-refractivity contribution in [3.8, 4) is 0 Å². The fourth-order valence-corrected chi connectivity index (χ4v) is 4.96. The van der Waals surface area contributed by atoms with E-state index < -0.39 is 6.04 Å². The van der Waals surface area contributed by atoms with Crippen LogP contribution in [0.15, 0.2) is 30.3 Å². The van der Waals surface area contributed by atoms with Gasteiger partial charge in [-0.1, -0.05) is 50.6 Å². The van der Waals surface area contributed by atoms with Crippen LogP contribution < -0.4 is 0 Å². The van der Waals surface area contributed by atoms with Crippen molar-refractivity contribution in [1.82, 2.24) is 4.90 Å². The third-order valence-electron chi connectivity index (χ3n) is 5.69. The maximum Gasteiger partial charge on any atom is 0.235 e. The van der Waals surface area contributed by atoms with Gasteiger partial charge in [-0.25, -0.2) is 0 Å². The van der Waals surface area contributed by atoms with Crippen molar-refractivity contribution >= 4 is 0 Å².